The summed E-state index contributed by atoms with van der Waals surface area (Å²) in [6.45, 7) is 0. The van der Waals surface area contributed by atoms with Gasteiger partial charge in [-0.1, -0.05) is 18.2 Å². The van der Waals surface area contributed by atoms with Crippen molar-refractivity contribution in [1.82, 2.24) is 0 Å². The summed E-state index contributed by atoms with van der Waals surface area (Å²) in [7, 11) is 1.63. The maximum atomic E-state index is 13.5. The van der Waals surface area contributed by atoms with Crippen molar-refractivity contribution in [2.24, 2.45) is 5.73 Å². The average molecular weight is 324 g/mol. The van der Waals surface area contributed by atoms with Gasteiger partial charge in [0.2, 0.25) is 0 Å². The van der Waals surface area contributed by atoms with Crippen LogP contribution in [0.1, 0.15) is 17.2 Å². The molecular weight excluding hydrogens is 309 g/mol. The fourth-order valence-corrected chi connectivity index (χ4v) is 2.16. The highest BCUT2D eigenvalue weighted by Crippen LogP contribution is 2.23. The molecule has 0 aliphatic carbocycles. The maximum absolute atomic E-state index is 13.5. The summed E-state index contributed by atoms with van der Waals surface area (Å²) in [5.74, 6) is 0.505. The molecule has 0 amide bonds. The van der Waals surface area contributed by atoms with Crippen molar-refractivity contribution < 1.29 is 9.13 Å². The fourth-order valence-electron chi connectivity index (χ4n) is 1.91. The molecule has 2 nitrogen and oxygen atoms in total. The predicted octanol–water partition coefficient (Wildman–Crippen LogP) is 3.84. The Morgan fingerprint density at radius 2 is 2.05 bits per heavy atom. The van der Waals surface area contributed by atoms with Gasteiger partial charge in [-0.3, -0.25) is 0 Å². The van der Waals surface area contributed by atoms with Gasteiger partial charge in [0.15, 0.2) is 0 Å². The maximum Gasteiger partial charge on any atom is 0.137 e. The van der Waals surface area contributed by atoms with E-state index in [1.165, 1.54) is 6.07 Å². The SMILES string of the molecule is COc1cccc(CC(N)c2ccc(Br)c(F)c2)c1. The first-order valence-corrected chi connectivity index (χ1v) is 6.73. The van der Waals surface area contributed by atoms with Gasteiger partial charge in [-0.25, -0.2) is 4.39 Å². The normalized spacial score (nSPS) is 12.2. The highest BCUT2D eigenvalue weighted by Gasteiger charge is 2.10. The smallest absolute Gasteiger partial charge is 0.137 e. The standard InChI is InChI=1S/C15H15BrFNO/c1-19-12-4-2-3-10(7-12)8-15(18)11-5-6-13(16)14(17)9-11/h2-7,9,15H,8,18H2,1H3. The molecule has 0 aliphatic heterocycles. The van der Waals surface area contributed by atoms with Gasteiger partial charge in [-0.15, -0.1) is 0 Å². The van der Waals surface area contributed by atoms with Crippen LogP contribution in [0.15, 0.2) is 46.9 Å². The molecule has 0 heterocycles. The van der Waals surface area contributed by atoms with E-state index in [0.717, 1.165) is 16.9 Å². The number of halogens is 2. The molecule has 2 N–H and O–H groups in total. The lowest BCUT2D eigenvalue weighted by Crippen LogP contribution is -2.13. The average Bonchev–Trinajstić information content (AvgIpc) is 2.42. The second-order valence-corrected chi connectivity index (χ2v) is 5.19. The molecule has 0 radical (unpaired) electrons. The quantitative estimate of drug-likeness (QED) is 0.927. The van der Waals surface area contributed by atoms with Crippen LogP contribution in [0.2, 0.25) is 0 Å². The minimum absolute atomic E-state index is 0.241. The van der Waals surface area contributed by atoms with Gasteiger partial charge < -0.3 is 10.5 Å². The van der Waals surface area contributed by atoms with Crippen molar-refractivity contribution in [2.75, 3.05) is 7.11 Å². The zero-order valence-corrected chi connectivity index (χ0v) is 12.2. The highest BCUT2D eigenvalue weighted by molar-refractivity contribution is 9.10. The number of methoxy groups -OCH3 is 1. The second-order valence-electron chi connectivity index (χ2n) is 4.34. The summed E-state index contributed by atoms with van der Waals surface area (Å²) in [6, 6.07) is 12.5. The lowest BCUT2D eigenvalue weighted by Gasteiger charge is -2.13. The Morgan fingerprint density at radius 1 is 1.26 bits per heavy atom. The van der Waals surface area contributed by atoms with Crippen molar-refractivity contribution in [1.29, 1.82) is 0 Å². The van der Waals surface area contributed by atoms with E-state index in [0.29, 0.717) is 10.9 Å². The highest BCUT2D eigenvalue weighted by atomic mass is 79.9. The molecule has 0 saturated carbocycles. The van der Waals surface area contributed by atoms with Gasteiger partial charge in [-0.2, -0.15) is 0 Å². The molecule has 2 aromatic rings. The zero-order chi connectivity index (χ0) is 13.8. The molecule has 1 atom stereocenters. The van der Waals surface area contributed by atoms with Gasteiger partial charge in [-0.05, 0) is 57.7 Å². The summed E-state index contributed by atoms with van der Waals surface area (Å²) in [5.41, 5.74) is 7.96. The Morgan fingerprint density at radius 3 is 2.74 bits per heavy atom. The summed E-state index contributed by atoms with van der Waals surface area (Å²) in [4.78, 5) is 0. The minimum Gasteiger partial charge on any atom is -0.497 e. The van der Waals surface area contributed by atoms with Gasteiger partial charge in [0, 0.05) is 6.04 Å². The fraction of sp³-hybridized carbons (Fsp3) is 0.200. The molecular formula is C15H15BrFNO. The Balaban J connectivity index is 2.15. The summed E-state index contributed by atoms with van der Waals surface area (Å²) in [5, 5.41) is 0. The predicted molar refractivity (Wildman–Crippen MR) is 77.7 cm³/mol. The van der Waals surface area contributed by atoms with E-state index < -0.39 is 0 Å². The van der Waals surface area contributed by atoms with E-state index in [1.54, 1.807) is 13.2 Å². The summed E-state index contributed by atoms with van der Waals surface area (Å²) >= 11 is 3.13. The molecule has 2 rings (SSSR count). The first kappa shape index (κ1) is 14.0. The first-order valence-electron chi connectivity index (χ1n) is 5.93. The summed E-state index contributed by atoms with van der Waals surface area (Å²) in [6.07, 6.45) is 0.637. The van der Waals surface area contributed by atoms with Crippen LogP contribution in [0.25, 0.3) is 0 Å². The number of rotatable bonds is 4. The molecule has 2 aromatic carbocycles. The topological polar surface area (TPSA) is 35.2 Å². The lowest BCUT2D eigenvalue weighted by atomic mass is 9.99. The van der Waals surface area contributed by atoms with E-state index in [1.807, 2.05) is 30.3 Å². The third kappa shape index (κ3) is 3.55. The van der Waals surface area contributed by atoms with Crippen LogP contribution in [-0.4, -0.2) is 7.11 Å². The van der Waals surface area contributed by atoms with Crippen LogP contribution in [-0.2, 0) is 6.42 Å². The number of ether oxygens (including phenoxy) is 1. The number of benzene rings is 2. The molecule has 0 saturated heterocycles. The summed E-state index contributed by atoms with van der Waals surface area (Å²) < 4.78 is 19.1. The van der Waals surface area contributed by atoms with Crippen molar-refractivity contribution in [3.63, 3.8) is 0 Å². The molecule has 4 heteroatoms. The Kier molecular flexibility index (Phi) is 4.56. The van der Waals surface area contributed by atoms with Gasteiger partial charge >= 0.3 is 0 Å². The molecule has 19 heavy (non-hydrogen) atoms. The third-order valence-electron chi connectivity index (χ3n) is 2.96. The minimum atomic E-state index is -0.293. The van der Waals surface area contributed by atoms with Crippen LogP contribution in [0, 0.1) is 5.82 Å². The van der Waals surface area contributed by atoms with Crippen molar-refractivity contribution in [3.05, 3.63) is 63.9 Å². The molecule has 0 aliphatic rings. The third-order valence-corrected chi connectivity index (χ3v) is 3.60. The van der Waals surface area contributed by atoms with Crippen LogP contribution >= 0.6 is 15.9 Å². The largest absolute Gasteiger partial charge is 0.497 e. The van der Waals surface area contributed by atoms with E-state index in [-0.39, 0.29) is 11.9 Å². The van der Waals surface area contributed by atoms with E-state index >= 15 is 0 Å². The van der Waals surface area contributed by atoms with Crippen molar-refractivity contribution in [2.45, 2.75) is 12.5 Å². The molecule has 0 fully saturated rings. The first-order chi connectivity index (χ1) is 9.10. The van der Waals surface area contributed by atoms with Gasteiger partial charge in [0.05, 0.1) is 11.6 Å². The Hall–Kier alpha value is -1.39. The Bertz CT molecular complexity index is 574. The van der Waals surface area contributed by atoms with Crippen LogP contribution in [0.4, 0.5) is 4.39 Å². The van der Waals surface area contributed by atoms with E-state index in [4.69, 9.17) is 10.5 Å². The molecule has 0 spiro atoms. The van der Waals surface area contributed by atoms with E-state index in [2.05, 4.69) is 15.9 Å². The van der Waals surface area contributed by atoms with Crippen LogP contribution < -0.4 is 10.5 Å². The Labute approximate surface area is 120 Å². The number of nitrogens with two attached hydrogens (primary N) is 1. The van der Waals surface area contributed by atoms with Gasteiger partial charge in [0.25, 0.3) is 0 Å². The van der Waals surface area contributed by atoms with Crippen molar-refractivity contribution in [3.8, 4) is 5.75 Å². The number of hydrogen-bond acceptors (Lipinski definition) is 2. The molecule has 0 bridgehead atoms. The van der Waals surface area contributed by atoms with Crippen LogP contribution in [0.5, 0.6) is 5.75 Å². The van der Waals surface area contributed by atoms with Crippen molar-refractivity contribution >= 4 is 15.9 Å². The lowest BCUT2D eigenvalue weighted by molar-refractivity contribution is 0.414. The second kappa shape index (κ2) is 6.17. The monoisotopic (exact) mass is 323 g/mol. The molecule has 1 unspecified atom stereocenters. The molecule has 100 valence electrons. The zero-order valence-electron chi connectivity index (χ0n) is 10.6. The number of hydrogen-bond donors (Lipinski definition) is 1. The van der Waals surface area contributed by atoms with E-state index in [9.17, 15) is 4.39 Å². The van der Waals surface area contributed by atoms with Crippen LogP contribution in [0.3, 0.4) is 0 Å². The van der Waals surface area contributed by atoms with Gasteiger partial charge in [0.1, 0.15) is 11.6 Å². The molecule has 0 aromatic heterocycles.